The average molecular weight is 397 g/mol. The number of halogens is 2. The Bertz CT molecular complexity index is 911. The summed E-state index contributed by atoms with van der Waals surface area (Å²) in [6.07, 6.45) is 2.93. The summed E-state index contributed by atoms with van der Waals surface area (Å²) in [6, 6.07) is 8.98. The van der Waals surface area contributed by atoms with Gasteiger partial charge in [-0.3, -0.25) is 9.52 Å². The molecule has 1 N–H and O–H groups in total. The molecule has 1 amide bonds. The van der Waals surface area contributed by atoms with Crippen LogP contribution in [0.25, 0.3) is 0 Å². The Balaban J connectivity index is 1.88. The van der Waals surface area contributed by atoms with Crippen molar-refractivity contribution in [1.82, 2.24) is 4.90 Å². The molecule has 0 aliphatic carbocycles. The largest absolute Gasteiger partial charge is 0.339 e. The first-order valence-electron chi connectivity index (χ1n) is 8.24. The lowest BCUT2D eigenvalue weighted by Gasteiger charge is -2.27. The molecule has 0 saturated carbocycles. The maximum Gasteiger partial charge on any atom is 0.261 e. The molecule has 0 unspecified atom stereocenters. The van der Waals surface area contributed by atoms with Gasteiger partial charge in [-0.2, -0.15) is 0 Å². The highest BCUT2D eigenvalue weighted by atomic mass is 35.5. The molecule has 0 radical (unpaired) electrons. The van der Waals surface area contributed by atoms with Crippen LogP contribution < -0.4 is 4.72 Å². The molecule has 0 atom stereocenters. The summed E-state index contributed by atoms with van der Waals surface area (Å²) in [6.45, 7) is 1.28. The molecule has 0 bridgehead atoms. The lowest BCUT2D eigenvalue weighted by atomic mass is 10.1. The van der Waals surface area contributed by atoms with Crippen LogP contribution in [-0.2, 0) is 10.0 Å². The first-order valence-corrected chi connectivity index (χ1v) is 10.1. The Morgan fingerprint density at radius 2 is 1.69 bits per heavy atom. The fourth-order valence-corrected chi connectivity index (χ4v) is 4.12. The molecule has 0 aromatic heterocycles. The molecule has 26 heavy (non-hydrogen) atoms. The summed E-state index contributed by atoms with van der Waals surface area (Å²) in [5.41, 5.74) is 0.390. The predicted molar refractivity (Wildman–Crippen MR) is 98.4 cm³/mol. The molecule has 1 aliphatic heterocycles. The molecule has 5 nitrogen and oxygen atoms in total. The standard InChI is InChI=1S/C18H18ClFN2O3S/c19-17-9-8-15(12-16(17)18(23)22-10-2-1-3-11-22)26(24,25)21-14-6-4-13(20)5-7-14/h4-9,12,21H,1-3,10-11H2. The smallest absolute Gasteiger partial charge is 0.261 e. The van der Waals surface area contributed by atoms with Gasteiger partial charge in [0.15, 0.2) is 0 Å². The number of hydrogen-bond acceptors (Lipinski definition) is 3. The van der Waals surface area contributed by atoms with Gasteiger partial charge in [0.05, 0.1) is 15.5 Å². The summed E-state index contributed by atoms with van der Waals surface area (Å²) in [5.74, 6) is -0.734. The van der Waals surface area contributed by atoms with Crippen molar-refractivity contribution in [3.05, 3.63) is 58.9 Å². The maximum atomic E-state index is 13.0. The number of piperidine rings is 1. The van der Waals surface area contributed by atoms with Crippen molar-refractivity contribution < 1.29 is 17.6 Å². The summed E-state index contributed by atoms with van der Waals surface area (Å²) in [4.78, 5) is 14.3. The van der Waals surface area contributed by atoms with Gasteiger partial charge in [0.25, 0.3) is 15.9 Å². The monoisotopic (exact) mass is 396 g/mol. The summed E-state index contributed by atoms with van der Waals surface area (Å²) in [7, 11) is -3.93. The Morgan fingerprint density at radius 1 is 1.04 bits per heavy atom. The number of nitrogens with zero attached hydrogens (tertiary/aromatic N) is 1. The molecule has 2 aromatic rings. The molecule has 1 saturated heterocycles. The van der Waals surface area contributed by atoms with Crippen molar-refractivity contribution in [1.29, 1.82) is 0 Å². The van der Waals surface area contributed by atoms with E-state index < -0.39 is 15.8 Å². The van der Waals surface area contributed by atoms with E-state index in [1.807, 2.05) is 0 Å². The second-order valence-electron chi connectivity index (χ2n) is 6.11. The summed E-state index contributed by atoms with van der Waals surface area (Å²) in [5, 5.41) is 0.210. The molecule has 1 heterocycles. The first-order chi connectivity index (χ1) is 12.4. The van der Waals surface area contributed by atoms with Gasteiger partial charge in [-0.1, -0.05) is 11.6 Å². The van der Waals surface area contributed by atoms with Gasteiger partial charge in [0, 0.05) is 18.8 Å². The van der Waals surface area contributed by atoms with Crippen LogP contribution in [0, 0.1) is 5.82 Å². The van der Waals surface area contributed by atoms with Crippen LogP contribution >= 0.6 is 11.6 Å². The van der Waals surface area contributed by atoms with Gasteiger partial charge >= 0.3 is 0 Å². The van der Waals surface area contributed by atoms with Crippen molar-refractivity contribution in [2.45, 2.75) is 24.2 Å². The van der Waals surface area contributed by atoms with E-state index in [0.717, 1.165) is 31.4 Å². The average Bonchev–Trinajstić information content (AvgIpc) is 2.64. The van der Waals surface area contributed by atoms with E-state index in [1.165, 1.54) is 30.3 Å². The minimum Gasteiger partial charge on any atom is -0.339 e. The molecule has 8 heteroatoms. The molecule has 0 spiro atoms. The second-order valence-corrected chi connectivity index (χ2v) is 8.20. The highest BCUT2D eigenvalue weighted by molar-refractivity contribution is 7.92. The fraction of sp³-hybridized carbons (Fsp3) is 0.278. The molecular formula is C18H18ClFN2O3S. The van der Waals surface area contributed by atoms with Crippen molar-refractivity contribution in [2.24, 2.45) is 0 Å². The van der Waals surface area contributed by atoms with Crippen LogP contribution in [0.15, 0.2) is 47.4 Å². The molecule has 3 rings (SSSR count). The van der Waals surface area contributed by atoms with Crippen molar-refractivity contribution in [2.75, 3.05) is 17.8 Å². The topological polar surface area (TPSA) is 66.5 Å². The number of sulfonamides is 1. The Morgan fingerprint density at radius 3 is 2.35 bits per heavy atom. The minimum atomic E-state index is -3.93. The van der Waals surface area contributed by atoms with Crippen molar-refractivity contribution in [3.63, 3.8) is 0 Å². The van der Waals surface area contributed by atoms with E-state index in [4.69, 9.17) is 11.6 Å². The fourth-order valence-electron chi connectivity index (χ4n) is 2.83. The maximum absolute atomic E-state index is 13.0. The zero-order valence-electron chi connectivity index (χ0n) is 13.9. The number of rotatable bonds is 4. The SMILES string of the molecule is O=C(c1cc(S(=O)(=O)Nc2ccc(F)cc2)ccc1Cl)N1CCCCC1. The van der Waals surface area contributed by atoms with Crippen LogP contribution in [0.3, 0.4) is 0 Å². The third-order valence-corrected chi connectivity index (χ3v) is 5.93. The predicted octanol–water partition coefficient (Wildman–Crippen LogP) is 3.91. The van der Waals surface area contributed by atoms with E-state index in [0.29, 0.717) is 13.1 Å². The van der Waals surface area contributed by atoms with Crippen LogP contribution in [0.4, 0.5) is 10.1 Å². The normalized spacial score (nSPS) is 14.9. The molecular weight excluding hydrogens is 379 g/mol. The molecule has 138 valence electrons. The van der Waals surface area contributed by atoms with Gasteiger partial charge in [0.1, 0.15) is 5.82 Å². The molecule has 1 aliphatic rings. The van der Waals surface area contributed by atoms with Gasteiger partial charge in [0.2, 0.25) is 0 Å². The van der Waals surface area contributed by atoms with E-state index in [2.05, 4.69) is 4.72 Å². The number of carbonyl (C=O) groups excluding carboxylic acids is 1. The highest BCUT2D eigenvalue weighted by Gasteiger charge is 2.23. The number of benzene rings is 2. The quantitative estimate of drug-likeness (QED) is 0.852. The Kier molecular flexibility index (Phi) is 5.48. The Labute approximate surface area is 156 Å². The molecule has 1 fully saturated rings. The van der Waals surface area contributed by atoms with Gasteiger partial charge in [-0.05, 0) is 61.7 Å². The second kappa shape index (κ2) is 7.63. The van der Waals surface area contributed by atoms with E-state index in [1.54, 1.807) is 4.90 Å². The van der Waals surface area contributed by atoms with Crippen LogP contribution in [0.2, 0.25) is 5.02 Å². The minimum absolute atomic E-state index is 0.0772. The zero-order chi connectivity index (χ0) is 18.7. The first kappa shape index (κ1) is 18.7. The number of hydrogen-bond donors (Lipinski definition) is 1. The van der Waals surface area contributed by atoms with Crippen molar-refractivity contribution >= 4 is 33.2 Å². The van der Waals surface area contributed by atoms with Gasteiger partial charge in [-0.15, -0.1) is 0 Å². The number of nitrogens with one attached hydrogen (secondary N) is 1. The third kappa shape index (κ3) is 4.16. The van der Waals surface area contributed by atoms with E-state index in [-0.39, 0.29) is 27.1 Å². The van der Waals surface area contributed by atoms with E-state index in [9.17, 15) is 17.6 Å². The van der Waals surface area contributed by atoms with Crippen LogP contribution in [0.1, 0.15) is 29.6 Å². The van der Waals surface area contributed by atoms with Gasteiger partial charge < -0.3 is 4.90 Å². The third-order valence-electron chi connectivity index (χ3n) is 4.22. The van der Waals surface area contributed by atoms with Crippen molar-refractivity contribution in [3.8, 4) is 0 Å². The lowest BCUT2D eigenvalue weighted by Crippen LogP contribution is -2.35. The van der Waals surface area contributed by atoms with Crippen LogP contribution in [-0.4, -0.2) is 32.3 Å². The molecule has 2 aromatic carbocycles. The van der Waals surface area contributed by atoms with E-state index >= 15 is 0 Å². The number of anilines is 1. The summed E-state index contributed by atoms with van der Waals surface area (Å²) >= 11 is 6.13. The number of carbonyl (C=O) groups is 1. The Hall–Kier alpha value is -2.12. The number of likely N-dealkylation sites (tertiary alicyclic amines) is 1. The zero-order valence-corrected chi connectivity index (χ0v) is 15.5. The summed E-state index contributed by atoms with van der Waals surface area (Å²) < 4.78 is 40.5. The lowest BCUT2D eigenvalue weighted by molar-refractivity contribution is 0.0724. The van der Waals surface area contributed by atoms with Gasteiger partial charge in [-0.25, -0.2) is 12.8 Å². The van der Waals surface area contributed by atoms with Crippen LogP contribution in [0.5, 0.6) is 0 Å². The number of amides is 1. The highest BCUT2D eigenvalue weighted by Crippen LogP contribution is 2.25.